The van der Waals surface area contributed by atoms with Gasteiger partial charge in [0.05, 0.1) is 0 Å². The fourth-order valence-corrected chi connectivity index (χ4v) is 3.49. The molecular formula is C21H21N5S. The summed E-state index contributed by atoms with van der Waals surface area (Å²) in [5, 5.41) is 6.63. The van der Waals surface area contributed by atoms with Crippen molar-refractivity contribution in [3.05, 3.63) is 71.4 Å². The van der Waals surface area contributed by atoms with E-state index in [1.165, 1.54) is 16.7 Å². The van der Waals surface area contributed by atoms with Crippen molar-refractivity contribution >= 4 is 46.9 Å². The van der Waals surface area contributed by atoms with Gasteiger partial charge in [0.2, 0.25) is 5.95 Å². The van der Waals surface area contributed by atoms with Gasteiger partial charge in [0.1, 0.15) is 5.82 Å². The SMILES string of the molecule is CSNc1cccc(Nc2nccc(Nc3ccc4c(c3)C=C(C)C4)n2)c1. The molecule has 1 aliphatic carbocycles. The zero-order valence-electron chi connectivity index (χ0n) is 15.3. The molecule has 0 bridgehead atoms. The Labute approximate surface area is 163 Å². The van der Waals surface area contributed by atoms with E-state index >= 15 is 0 Å². The zero-order valence-corrected chi connectivity index (χ0v) is 16.1. The predicted octanol–water partition coefficient (Wildman–Crippen LogP) is 5.61. The van der Waals surface area contributed by atoms with Gasteiger partial charge in [-0.3, -0.25) is 0 Å². The Balaban J connectivity index is 1.50. The minimum Gasteiger partial charge on any atom is -0.340 e. The maximum Gasteiger partial charge on any atom is 0.229 e. The summed E-state index contributed by atoms with van der Waals surface area (Å²) in [4.78, 5) is 8.90. The van der Waals surface area contributed by atoms with Gasteiger partial charge in [-0.15, -0.1) is 0 Å². The van der Waals surface area contributed by atoms with Crippen LogP contribution in [0.4, 0.5) is 28.8 Å². The number of hydrogen-bond donors (Lipinski definition) is 3. The average molecular weight is 376 g/mol. The maximum atomic E-state index is 4.57. The van der Waals surface area contributed by atoms with Crippen LogP contribution in [0.3, 0.4) is 0 Å². The van der Waals surface area contributed by atoms with Gasteiger partial charge in [0, 0.05) is 29.5 Å². The van der Waals surface area contributed by atoms with Crippen LogP contribution in [0.5, 0.6) is 0 Å². The van der Waals surface area contributed by atoms with Crippen LogP contribution in [0.2, 0.25) is 0 Å². The Hall–Kier alpha value is -2.99. The van der Waals surface area contributed by atoms with Crippen molar-refractivity contribution in [2.75, 3.05) is 21.6 Å². The van der Waals surface area contributed by atoms with Crippen molar-refractivity contribution in [1.82, 2.24) is 9.97 Å². The van der Waals surface area contributed by atoms with E-state index in [1.54, 1.807) is 18.1 Å². The molecule has 136 valence electrons. The highest BCUT2D eigenvalue weighted by atomic mass is 32.2. The van der Waals surface area contributed by atoms with Crippen molar-refractivity contribution in [2.24, 2.45) is 0 Å². The number of aromatic nitrogens is 2. The molecule has 0 saturated carbocycles. The van der Waals surface area contributed by atoms with Crippen LogP contribution in [0.25, 0.3) is 6.08 Å². The molecule has 0 unspecified atom stereocenters. The predicted molar refractivity (Wildman–Crippen MR) is 116 cm³/mol. The molecule has 4 rings (SSSR count). The van der Waals surface area contributed by atoms with E-state index in [9.17, 15) is 0 Å². The second kappa shape index (κ2) is 7.72. The van der Waals surface area contributed by atoms with Crippen LogP contribution in [0.1, 0.15) is 18.1 Å². The van der Waals surface area contributed by atoms with Crippen LogP contribution in [0.15, 0.2) is 60.3 Å². The average Bonchev–Trinajstić information content (AvgIpc) is 3.02. The summed E-state index contributed by atoms with van der Waals surface area (Å²) in [7, 11) is 0. The standard InChI is InChI=1S/C21H21N5S/c1-14-10-15-6-7-18(12-16(15)11-14)23-20-8-9-22-21(25-20)24-17-4-3-5-19(13-17)26-27-2/h3-9,11-13,26H,10H2,1-2H3,(H2,22,23,24,25). The molecule has 27 heavy (non-hydrogen) atoms. The van der Waals surface area contributed by atoms with E-state index in [0.29, 0.717) is 5.95 Å². The smallest absolute Gasteiger partial charge is 0.229 e. The van der Waals surface area contributed by atoms with E-state index in [0.717, 1.165) is 29.3 Å². The number of benzene rings is 2. The third-order valence-electron chi connectivity index (χ3n) is 4.28. The first-order valence-corrected chi connectivity index (χ1v) is 9.98. The van der Waals surface area contributed by atoms with Crippen LogP contribution >= 0.6 is 11.9 Å². The number of hydrogen-bond acceptors (Lipinski definition) is 6. The van der Waals surface area contributed by atoms with Gasteiger partial charge in [0.25, 0.3) is 0 Å². The molecule has 2 aromatic carbocycles. The first-order chi connectivity index (χ1) is 13.2. The van der Waals surface area contributed by atoms with E-state index in [1.807, 2.05) is 36.6 Å². The molecule has 5 nitrogen and oxygen atoms in total. The summed E-state index contributed by atoms with van der Waals surface area (Å²) in [6.07, 6.45) is 7.03. The minimum absolute atomic E-state index is 0.554. The Bertz CT molecular complexity index is 999. The topological polar surface area (TPSA) is 61.9 Å². The summed E-state index contributed by atoms with van der Waals surface area (Å²) in [6, 6.07) is 16.3. The molecule has 0 radical (unpaired) electrons. The van der Waals surface area contributed by atoms with Gasteiger partial charge in [0.15, 0.2) is 0 Å². The van der Waals surface area contributed by atoms with Crippen LogP contribution in [-0.4, -0.2) is 16.2 Å². The highest BCUT2D eigenvalue weighted by Crippen LogP contribution is 2.28. The molecular weight excluding hydrogens is 354 g/mol. The Kier molecular flexibility index (Phi) is 4.98. The Morgan fingerprint density at radius 1 is 0.963 bits per heavy atom. The van der Waals surface area contributed by atoms with Crippen molar-refractivity contribution in [2.45, 2.75) is 13.3 Å². The normalized spacial score (nSPS) is 12.3. The number of nitrogens with zero attached hydrogens (tertiary/aromatic N) is 2. The Morgan fingerprint density at radius 2 is 1.81 bits per heavy atom. The van der Waals surface area contributed by atoms with Crippen molar-refractivity contribution in [3.8, 4) is 0 Å². The van der Waals surface area contributed by atoms with Gasteiger partial charge < -0.3 is 15.4 Å². The van der Waals surface area contributed by atoms with Gasteiger partial charge in [-0.25, -0.2) is 4.98 Å². The quantitative estimate of drug-likeness (QED) is 0.487. The van der Waals surface area contributed by atoms with E-state index in [2.05, 4.69) is 56.5 Å². The molecule has 1 aromatic heterocycles. The summed E-state index contributed by atoms with van der Waals surface area (Å²) >= 11 is 1.56. The lowest BCUT2D eigenvalue weighted by Crippen LogP contribution is -2.01. The lowest BCUT2D eigenvalue weighted by atomic mass is 10.1. The minimum atomic E-state index is 0.554. The van der Waals surface area contributed by atoms with Crippen LogP contribution < -0.4 is 15.4 Å². The second-order valence-corrected chi connectivity index (χ2v) is 7.10. The molecule has 6 heteroatoms. The van der Waals surface area contributed by atoms with Crippen molar-refractivity contribution in [1.29, 1.82) is 0 Å². The number of rotatable bonds is 6. The molecule has 0 saturated heterocycles. The summed E-state index contributed by atoms with van der Waals surface area (Å²) in [5.41, 5.74) is 7.04. The lowest BCUT2D eigenvalue weighted by molar-refractivity contribution is 1.16. The number of allylic oxidation sites excluding steroid dienone is 1. The molecule has 1 aliphatic rings. The number of anilines is 5. The first kappa shape index (κ1) is 17.4. The summed E-state index contributed by atoms with van der Waals surface area (Å²) in [6.45, 7) is 2.17. The van der Waals surface area contributed by atoms with Crippen molar-refractivity contribution in [3.63, 3.8) is 0 Å². The third-order valence-corrected chi connectivity index (χ3v) is 4.72. The molecule has 0 spiro atoms. The highest BCUT2D eigenvalue weighted by Gasteiger charge is 2.10. The third kappa shape index (κ3) is 4.23. The highest BCUT2D eigenvalue weighted by molar-refractivity contribution is 7.99. The van der Waals surface area contributed by atoms with Gasteiger partial charge >= 0.3 is 0 Å². The number of nitrogens with one attached hydrogen (secondary N) is 3. The summed E-state index contributed by atoms with van der Waals surface area (Å²) < 4.78 is 3.22. The lowest BCUT2D eigenvalue weighted by Gasteiger charge is -2.10. The van der Waals surface area contributed by atoms with E-state index < -0.39 is 0 Å². The summed E-state index contributed by atoms with van der Waals surface area (Å²) in [5.74, 6) is 1.31. The fraction of sp³-hybridized carbons (Fsp3) is 0.143. The molecule has 0 aliphatic heterocycles. The Morgan fingerprint density at radius 3 is 2.70 bits per heavy atom. The molecule has 0 amide bonds. The first-order valence-electron chi connectivity index (χ1n) is 8.76. The molecule has 3 aromatic rings. The van der Waals surface area contributed by atoms with Crippen LogP contribution in [0, 0.1) is 0 Å². The molecule has 0 fully saturated rings. The monoisotopic (exact) mass is 375 g/mol. The van der Waals surface area contributed by atoms with Gasteiger partial charge in [-0.1, -0.05) is 35.7 Å². The molecule has 3 N–H and O–H groups in total. The second-order valence-electron chi connectivity index (χ2n) is 6.48. The van der Waals surface area contributed by atoms with Crippen molar-refractivity contribution < 1.29 is 0 Å². The fourth-order valence-electron chi connectivity index (χ4n) is 3.13. The van der Waals surface area contributed by atoms with Gasteiger partial charge in [-0.2, -0.15) is 4.98 Å². The maximum absolute atomic E-state index is 4.57. The van der Waals surface area contributed by atoms with E-state index in [4.69, 9.17) is 0 Å². The largest absolute Gasteiger partial charge is 0.340 e. The molecule has 0 atom stereocenters. The van der Waals surface area contributed by atoms with Gasteiger partial charge in [-0.05, 0) is 60.9 Å². The van der Waals surface area contributed by atoms with Crippen LogP contribution in [-0.2, 0) is 6.42 Å². The molecule has 1 heterocycles. The zero-order chi connectivity index (χ0) is 18.6. The van der Waals surface area contributed by atoms with E-state index in [-0.39, 0.29) is 0 Å². The number of fused-ring (bicyclic) bond motifs is 1.